The van der Waals surface area contributed by atoms with Gasteiger partial charge in [0.05, 0.1) is 39.6 Å². The number of ether oxygens (including phenoxy) is 4. The van der Waals surface area contributed by atoms with Crippen molar-refractivity contribution in [2.45, 2.75) is 97.3 Å². The van der Waals surface area contributed by atoms with Crippen LogP contribution >= 0.6 is 0 Å². The minimum absolute atomic E-state index is 0.637. The Balaban J connectivity index is 2.95. The van der Waals surface area contributed by atoms with Gasteiger partial charge in [-0.25, -0.2) is 0 Å². The third-order valence-electron chi connectivity index (χ3n) is 4.65. The van der Waals surface area contributed by atoms with E-state index in [9.17, 15) is 0 Å². The van der Waals surface area contributed by atoms with Crippen LogP contribution < -0.4 is 0 Å². The van der Waals surface area contributed by atoms with E-state index in [1.54, 1.807) is 0 Å². The Kier molecular flexibility index (Phi) is 25.7. The Hall–Kier alpha value is -0.160. The van der Waals surface area contributed by atoms with E-state index in [2.05, 4.69) is 13.8 Å². The Morgan fingerprint density at radius 2 is 0.556 bits per heavy atom. The number of rotatable bonds is 24. The Labute approximate surface area is 169 Å². The molecule has 0 aliphatic carbocycles. The summed E-state index contributed by atoms with van der Waals surface area (Å²) in [6.07, 6.45) is 17.1. The van der Waals surface area contributed by atoms with Crippen LogP contribution in [0.15, 0.2) is 0 Å². The lowest BCUT2D eigenvalue weighted by Crippen LogP contribution is -2.12. The van der Waals surface area contributed by atoms with Gasteiger partial charge in [0.15, 0.2) is 0 Å². The van der Waals surface area contributed by atoms with Crippen LogP contribution in [0.1, 0.15) is 97.3 Å². The molecule has 0 rings (SSSR count). The molecule has 0 N–H and O–H groups in total. The van der Waals surface area contributed by atoms with Crippen molar-refractivity contribution in [3.63, 3.8) is 0 Å². The second-order valence-corrected chi connectivity index (χ2v) is 7.34. The van der Waals surface area contributed by atoms with Gasteiger partial charge in [-0.2, -0.15) is 0 Å². The monoisotopic (exact) mass is 388 g/mol. The molecule has 0 heterocycles. The molecule has 0 amide bonds. The van der Waals surface area contributed by atoms with Crippen molar-refractivity contribution in [2.24, 2.45) is 0 Å². The highest BCUT2D eigenvalue weighted by atomic mass is 16.6. The second-order valence-electron chi connectivity index (χ2n) is 7.34. The lowest BCUT2D eigenvalue weighted by atomic mass is 10.1. The van der Waals surface area contributed by atoms with Crippen LogP contribution in [-0.4, -0.2) is 52.9 Å². The van der Waals surface area contributed by atoms with Crippen molar-refractivity contribution in [3.8, 4) is 0 Å². The molecule has 0 aromatic rings. The van der Waals surface area contributed by atoms with Gasteiger partial charge in [0, 0.05) is 13.2 Å². The molecule has 0 fully saturated rings. The van der Waals surface area contributed by atoms with Crippen molar-refractivity contribution in [1.82, 2.24) is 0 Å². The van der Waals surface area contributed by atoms with E-state index in [1.165, 1.54) is 83.5 Å². The fourth-order valence-corrected chi connectivity index (χ4v) is 2.91. The quantitative estimate of drug-likeness (QED) is 0.185. The van der Waals surface area contributed by atoms with Gasteiger partial charge in [-0.15, -0.1) is 0 Å². The largest absolute Gasteiger partial charge is 0.379 e. The second kappa shape index (κ2) is 25.8. The zero-order chi connectivity index (χ0) is 19.7. The van der Waals surface area contributed by atoms with Crippen LogP contribution in [0, 0.1) is 0 Å². The molecular weight excluding hydrogens is 340 g/mol. The lowest BCUT2D eigenvalue weighted by molar-refractivity contribution is -0.00248. The number of hydrogen-bond donors (Lipinski definition) is 0. The third-order valence-corrected chi connectivity index (χ3v) is 4.65. The van der Waals surface area contributed by atoms with Crippen LogP contribution in [0.25, 0.3) is 0 Å². The summed E-state index contributed by atoms with van der Waals surface area (Å²) in [7, 11) is 0. The zero-order valence-corrected chi connectivity index (χ0v) is 18.5. The molecule has 0 radical (unpaired) electrons. The van der Waals surface area contributed by atoms with Gasteiger partial charge in [-0.1, -0.05) is 84.5 Å². The lowest BCUT2D eigenvalue weighted by Gasteiger charge is -2.07. The average Bonchev–Trinajstić information content (AvgIpc) is 2.68. The smallest absolute Gasteiger partial charge is 0.0701 e. The minimum Gasteiger partial charge on any atom is -0.379 e. The van der Waals surface area contributed by atoms with Crippen molar-refractivity contribution in [1.29, 1.82) is 0 Å². The van der Waals surface area contributed by atoms with Crippen LogP contribution in [0.4, 0.5) is 0 Å². The first-order valence-electron chi connectivity index (χ1n) is 11.7. The Bertz CT molecular complexity index is 225. The summed E-state index contributed by atoms with van der Waals surface area (Å²) >= 11 is 0. The predicted molar refractivity (Wildman–Crippen MR) is 115 cm³/mol. The van der Waals surface area contributed by atoms with Gasteiger partial charge >= 0.3 is 0 Å². The fraction of sp³-hybridized carbons (Fsp3) is 1.00. The molecule has 0 aliphatic rings. The molecule has 0 aromatic carbocycles. The summed E-state index contributed by atoms with van der Waals surface area (Å²) in [4.78, 5) is 0. The van der Waals surface area contributed by atoms with Gasteiger partial charge in [-0.05, 0) is 12.8 Å². The van der Waals surface area contributed by atoms with Gasteiger partial charge < -0.3 is 18.9 Å². The van der Waals surface area contributed by atoms with E-state index in [-0.39, 0.29) is 0 Å². The molecule has 4 heteroatoms. The maximum Gasteiger partial charge on any atom is 0.0701 e. The Morgan fingerprint density at radius 3 is 0.889 bits per heavy atom. The number of unbranched alkanes of at least 4 members (excludes halogenated alkanes) is 11. The molecule has 0 aromatic heterocycles. The van der Waals surface area contributed by atoms with Crippen molar-refractivity contribution in [3.05, 3.63) is 0 Å². The fourth-order valence-electron chi connectivity index (χ4n) is 2.91. The first-order chi connectivity index (χ1) is 13.4. The van der Waals surface area contributed by atoms with Crippen LogP contribution in [-0.2, 0) is 18.9 Å². The maximum absolute atomic E-state index is 5.60. The van der Waals surface area contributed by atoms with E-state index in [0.29, 0.717) is 39.6 Å². The highest BCUT2D eigenvalue weighted by Crippen LogP contribution is 2.08. The molecule has 27 heavy (non-hydrogen) atoms. The third kappa shape index (κ3) is 25.8. The van der Waals surface area contributed by atoms with Crippen LogP contribution in [0.5, 0.6) is 0 Å². The van der Waals surface area contributed by atoms with E-state index in [0.717, 1.165) is 13.2 Å². The summed E-state index contributed by atoms with van der Waals surface area (Å²) in [6.45, 7) is 10.2. The summed E-state index contributed by atoms with van der Waals surface area (Å²) in [5.41, 5.74) is 0. The highest BCUT2D eigenvalue weighted by molar-refractivity contribution is 4.46. The van der Waals surface area contributed by atoms with Gasteiger partial charge in [0.2, 0.25) is 0 Å². The molecule has 164 valence electrons. The highest BCUT2D eigenvalue weighted by Gasteiger charge is 1.95. The van der Waals surface area contributed by atoms with E-state index < -0.39 is 0 Å². The molecule has 0 bridgehead atoms. The summed E-state index contributed by atoms with van der Waals surface area (Å²) in [5.74, 6) is 0. The molecule has 0 atom stereocenters. The topological polar surface area (TPSA) is 36.9 Å². The number of hydrogen-bond acceptors (Lipinski definition) is 4. The molecule has 0 spiro atoms. The molecule has 0 saturated carbocycles. The minimum atomic E-state index is 0.637. The predicted octanol–water partition coefficient (Wildman–Crippen LogP) is 6.16. The SMILES string of the molecule is CCCCCCCCCCOCCOCCOCCOCCCCCCC. The molecule has 0 saturated heterocycles. The van der Waals surface area contributed by atoms with E-state index >= 15 is 0 Å². The standard InChI is InChI=1S/C23H48O4/c1-3-5-7-9-10-11-13-15-17-25-19-21-27-23-22-26-20-18-24-16-14-12-8-6-4-2/h3-23H2,1-2H3. The van der Waals surface area contributed by atoms with Crippen molar-refractivity contribution in [2.75, 3.05) is 52.9 Å². The summed E-state index contributed by atoms with van der Waals surface area (Å²) < 4.78 is 22.2. The molecule has 0 aliphatic heterocycles. The summed E-state index contributed by atoms with van der Waals surface area (Å²) in [5, 5.41) is 0. The molecular formula is C23H48O4. The van der Waals surface area contributed by atoms with Crippen molar-refractivity contribution < 1.29 is 18.9 Å². The van der Waals surface area contributed by atoms with Crippen LogP contribution in [0.3, 0.4) is 0 Å². The molecule has 4 nitrogen and oxygen atoms in total. The van der Waals surface area contributed by atoms with E-state index in [1.807, 2.05) is 0 Å². The van der Waals surface area contributed by atoms with E-state index in [4.69, 9.17) is 18.9 Å². The van der Waals surface area contributed by atoms with Gasteiger partial charge in [0.1, 0.15) is 0 Å². The average molecular weight is 389 g/mol. The Morgan fingerprint density at radius 1 is 0.296 bits per heavy atom. The van der Waals surface area contributed by atoms with Crippen molar-refractivity contribution >= 4 is 0 Å². The summed E-state index contributed by atoms with van der Waals surface area (Å²) in [6, 6.07) is 0. The van der Waals surface area contributed by atoms with Gasteiger partial charge in [0.25, 0.3) is 0 Å². The zero-order valence-electron chi connectivity index (χ0n) is 18.5. The maximum atomic E-state index is 5.60. The first-order valence-corrected chi connectivity index (χ1v) is 11.7. The molecule has 0 unspecified atom stereocenters. The normalized spacial score (nSPS) is 11.3. The first kappa shape index (κ1) is 26.8. The van der Waals surface area contributed by atoms with Crippen LogP contribution in [0.2, 0.25) is 0 Å². The van der Waals surface area contributed by atoms with Gasteiger partial charge in [-0.3, -0.25) is 0 Å².